The second-order valence-electron chi connectivity index (χ2n) is 6.86. The number of rotatable bonds is 5. The van der Waals surface area contributed by atoms with Gasteiger partial charge in [0.05, 0.1) is 18.4 Å². The van der Waals surface area contributed by atoms with E-state index in [2.05, 4.69) is 5.43 Å². The lowest BCUT2D eigenvalue weighted by Crippen LogP contribution is -2.45. The molecule has 0 atom stereocenters. The third kappa shape index (κ3) is 3.77. The molecule has 1 saturated heterocycles. The van der Waals surface area contributed by atoms with E-state index in [-0.39, 0.29) is 5.91 Å². The van der Waals surface area contributed by atoms with Crippen LogP contribution >= 0.6 is 0 Å². The smallest absolute Gasteiger partial charge is 0.269 e. The van der Waals surface area contributed by atoms with Crippen molar-refractivity contribution < 1.29 is 9.53 Å². The largest absolute Gasteiger partial charge is 0.496 e. The molecule has 1 amide bonds. The van der Waals surface area contributed by atoms with Gasteiger partial charge in [-0.25, -0.2) is 9.69 Å². The van der Waals surface area contributed by atoms with Crippen molar-refractivity contribution in [1.29, 1.82) is 0 Å². The summed E-state index contributed by atoms with van der Waals surface area (Å²) in [6.45, 7) is 1.76. The minimum atomic E-state index is -0.148. The second kappa shape index (κ2) is 8.27. The molecule has 1 fully saturated rings. The van der Waals surface area contributed by atoms with E-state index in [1.165, 1.54) is 6.42 Å². The van der Waals surface area contributed by atoms with Gasteiger partial charge in [-0.3, -0.25) is 10.2 Å². The molecule has 6 nitrogen and oxygen atoms in total. The van der Waals surface area contributed by atoms with Crippen LogP contribution in [-0.2, 0) is 0 Å². The first-order chi connectivity index (χ1) is 13.8. The van der Waals surface area contributed by atoms with Gasteiger partial charge in [0.2, 0.25) is 0 Å². The van der Waals surface area contributed by atoms with Crippen LogP contribution < -0.4 is 10.2 Å². The van der Waals surface area contributed by atoms with Crippen molar-refractivity contribution in [3.8, 4) is 22.7 Å². The molecule has 1 N–H and O–H groups in total. The standard InChI is InChI=1S/C22H24N4O2/c1-28-20-13-7-6-12-18(20)21-19(22(27)24-25-14-8-3-9-15-25)16-26(23-21)17-10-4-2-5-11-17/h2,4-7,10-13,16H,3,8-9,14-15H2,1H3,(H,24,27). The average Bonchev–Trinajstić information content (AvgIpc) is 3.20. The van der Waals surface area contributed by atoms with Crippen molar-refractivity contribution >= 4 is 5.91 Å². The Hall–Kier alpha value is -3.12. The van der Waals surface area contributed by atoms with Gasteiger partial charge < -0.3 is 4.74 Å². The van der Waals surface area contributed by atoms with Crippen molar-refractivity contribution in [3.63, 3.8) is 0 Å². The van der Waals surface area contributed by atoms with Gasteiger partial charge in [-0.15, -0.1) is 0 Å². The number of carbonyl (C=O) groups excluding carboxylic acids is 1. The number of nitrogens with zero attached hydrogens (tertiary/aromatic N) is 3. The Bertz CT molecular complexity index is 946. The third-order valence-corrected chi connectivity index (χ3v) is 4.96. The minimum Gasteiger partial charge on any atom is -0.496 e. The molecule has 6 heteroatoms. The van der Waals surface area contributed by atoms with Crippen molar-refractivity contribution in [3.05, 3.63) is 66.4 Å². The van der Waals surface area contributed by atoms with E-state index in [1.54, 1.807) is 18.0 Å². The average molecular weight is 376 g/mol. The van der Waals surface area contributed by atoms with E-state index in [4.69, 9.17) is 9.84 Å². The number of methoxy groups -OCH3 is 1. The minimum absolute atomic E-state index is 0.148. The number of hydrogen-bond donors (Lipinski definition) is 1. The lowest BCUT2D eigenvalue weighted by molar-refractivity contribution is 0.0750. The zero-order chi connectivity index (χ0) is 19.3. The molecule has 0 spiro atoms. The number of carbonyl (C=O) groups is 1. The molecule has 0 saturated carbocycles. The zero-order valence-electron chi connectivity index (χ0n) is 16.0. The summed E-state index contributed by atoms with van der Waals surface area (Å²) in [5, 5.41) is 6.73. The summed E-state index contributed by atoms with van der Waals surface area (Å²) in [6, 6.07) is 17.4. The van der Waals surface area contributed by atoms with Gasteiger partial charge >= 0.3 is 0 Å². The molecular formula is C22H24N4O2. The predicted octanol–water partition coefficient (Wildman–Crippen LogP) is 3.68. The first kappa shape index (κ1) is 18.3. The first-order valence-electron chi connectivity index (χ1n) is 9.60. The number of hydrazine groups is 1. The van der Waals surface area contributed by atoms with Crippen LogP contribution in [0.1, 0.15) is 29.6 Å². The highest BCUT2D eigenvalue weighted by atomic mass is 16.5. The fourth-order valence-electron chi connectivity index (χ4n) is 3.50. The van der Waals surface area contributed by atoms with Crippen LogP contribution in [0.25, 0.3) is 16.9 Å². The molecule has 1 aliphatic rings. The summed E-state index contributed by atoms with van der Waals surface area (Å²) in [6.07, 6.45) is 5.20. The predicted molar refractivity (Wildman–Crippen MR) is 108 cm³/mol. The van der Waals surface area contributed by atoms with E-state index in [1.807, 2.05) is 59.6 Å². The summed E-state index contributed by atoms with van der Waals surface area (Å²) >= 11 is 0. The van der Waals surface area contributed by atoms with Crippen LogP contribution in [0.4, 0.5) is 0 Å². The van der Waals surface area contributed by atoms with E-state index in [0.717, 1.165) is 37.2 Å². The molecule has 4 rings (SSSR count). The van der Waals surface area contributed by atoms with Gasteiger partial charge in [-0.2, -0.15) is 5.10 Å². The fourth-order valence-corrected chi connectivity index (χ4v) is 3.50. The molecule has 2 heterocycles. The molecule has 28 heavy (non-hydrogen) atoms. The van der Waals surface area contributed by atoms with Crippen LogP contribution in [0.5, 0.6) is 5.75 Å². The van der Waals surface area contributed by atoms with Gasteiger partial charge in [-0.05, 0) is 37.1 Å². The molecule has 0 radical (unpaired) electrons. The SMILES string of the molecule is COc1ccccc1-c1nn(-c2ccccc2)cc1C(=O)NN1CCCCC1. The van der Waals surface area contributed by atoms with Gasteiger partial charge in [0.15, 0.2) is 0 Å². The summed E-state index contributed by atoms with van der Waals surface area (Å²) in [5.74, 6) is 0.540. The lowest BCUT2D eigenvalue weighted by atomic mass is 10.1. The summed E-state index contributed by atoms with van der Waals surface area (Å²) in [5.41, 5.74) is 5.88. The molecule has 2 aromatic carbocycles. The van der Waals surface area contributed by atoms with Crippen LogP contribution in [-0.4, -0.2) is 40.9 Å². The quantitative estimate of drug-likeness (QED) is 0.738. The number of amides is 1. The molecule has 0 unspecified atom stereocenters. The third-order valence-electron chi connectivity index (χ3n) is 4.96. The van der Waals surface area contributed by atoms with Crippen molar-refractivity contribution in [1.82, 2.24) is 20.2 Å². The van der Waals surface area contributed by atoms with Gasteiger partial charge in [0.1, 0.15) is 11.4 Å². The molecule has 0 aliphatic carbocycles. The van der Waals surface area contributed by atoms with E-state index >= 15 is 0 Å². The summed E-state index contributed by atoms with van der Waals surface area (Å²) < 4.78 is 7.25. The van der Waals surface area contributed by atoms with Gasteiger partial charge in [-0.1, -0.05) is 36.8 Å². The summed E-state index contributed by atoms with van der Waals surface area (Å²) in [7, 11) is 1.63. The maximum absolute atomic E-state index is 13.1. The number of ether oxygens (including phenoxy) is 1. The maximum Gasteiger partial charge on any atom is 0.269 e. The van der Waals surface area contributed by atoms with Crippen molar-refractivity contribution in [2.24, 2.45) is 0 Å². The fraction of sp³-hybridized carbons (Fsp3) is 0.273. The number of nitrogens with one attached hydrogen (secondary N) is 1. The number of hydrogen-bond acceptors (Lipinski definition) is 4. The Morgan fingerprint density at radius 3 is 2.46 bits per heavy atom. The van der Waals surface area contributed by atoms with E-state index in [0.29, 0.717) is 17.0 Å². The van der Waals surface area contributed by atoms with Crippen LogP contribution in [0.2, 0.25) is 0 Å². The Balaban J connectivity index is 1.74. The molecule has 144 valence electrons. The Morgan fingerprint density at radius 2 is 1.71 bits per heavy atom. The number of para-hydroxylation sites is 2. The normalized spacial score (nSPS) is 14.6. The van der Waals surface area contributed by atoms with Gasteiger partial charge in [0, 0.05) is 24.8 Å². The number of aromatic nitrogens is 2. The van der Waals surface area contributed by atoms with E-state index < -0.39 is 0 Å². The molecule has 0 bridgehead atoms. The van der Waals surface area contributed by atoms with Crippen LogP contribution in [0, 0.1) is 0 Å². The molecule has 1 aliphatic heterocycles. The summed E-state index contributed by atoms with van der Waals surface area (Å²) in [4.78, 5) is 13.1. The monoisotopic (exact) mass is 376 g/mol. The topological polar surface area (TPSA) is 59.4 Å². The highest BCUT2D eigenvalue weighted by Crippen LogP contribution is 2.31. The number of piperidine rings is 1. The van der Waals surface area contributed by atoms with Crippen molar-refractivity contribution in [2.75, 3.05) is 20.2 Å². The maximum atomic E-state index is 13.1. The number of benzene rings is 2. The second-order valence-corrected chi connectivity index (χ2v) is 6.86. The van der Waals surface area contributed by atoms with Crippen LogP contribution in [0.3, 0.4) is 0 Å². The van der Waals surface area contributed by atoms with Crippen LogP contribution in [0.15, 0.2) is 60.8 Å². The molecule has 1 aromatic heterocycles. The Morgan fingerprint density at radius 1 is 1.00 bits per heavy atom. The highest BCUT2D eigenvalue weighted by molar-refractivity contribution is 6.00. The van der Waals surface area contributed by atoms with E-state index in [9.17, 15) is 4.79 Å². The molecule has 3 aromatic rings. The van der Waals surface area contributed by atoms with Crippen molar-refractivity contribution in [2.45, 2.75) is 19.3 Å². The lowest BCUT2D eigenvalue weighted by Gasteiger charge is -2.26. The molecular weight excluding hydrogens is 352 g/mol. The highest BCUT2D eigenvalue weighted by Gasteiger charge is 2.23. The van der Waals surface area contributed by atoms with Gasteiger partial charge in [0.25, 0.3) is 5.91 Å². The first-order valence-corrected chi connectivity index (χ1v) is 9.60. The zero-order valence-corrected chi connectivity index (χ0v) is 16.0. The Kier molecular flexibility index (Phi) is 5.39. The Labute approximate surface area is 164 Å².